The molecule has 2 amide bonds. The van der Waals surface area contributed by atoms with Gasteiger partial charge < -0.3 is 35.7 Å². The number of primary amides is 1. The third-order valence-corrected chi connectivity index (χ3v) is 5.97. The predicted molar refractivity (Wildman–Crippen MR) is 138 cm³/mol. The van der Waals surface area contributed by atoms with E-state index in [1.54, 1.807) is 43.7 Å². The van der Waals surface area contributed by atoms with E-state index in [4.69, 9.17) is 31.8 Å². The first-order chi connectivity index (χ1) is 17.2. The van der Waals surface area contributed by atoms with E-state index in [1.165, 1.54) is 6.92 Å². The van der Waals surface area contributed by atoms with Crippen molar-refractivity contribution in [2.45, 2.75) is 18.9 Å². The molecule has 36 heavy (non-hydrogen) atoms. The number of hydrogen-bond acceptors (Lipinski definition) is 7. The molecular formula is C25H27ClN6O4. The van der Waals surface area contributed by atoms with E-state index in [0.29, 0.717) is 41.0 Å². The number of carbonyl (C=O) groups excluding carboxylic acids is 2. The van der Waals surface area contributed by atoms with Crippen LogP contribution in [0.1, 0.15) is 13.3 Å². The van der Waals surface area contributed by atoms with Gasteiger partial charge in [-0.1, -0.05) is 11.6 Å². The molecule has 10 nitrogen and oxygen atoms in total. The second-order valence-electron chi connectivity index (χ2n) is 8.31. The van der Waals surface area contributed by atoms with Crippen molar-refractivity contribution in [1.82, 2.24) is 20.2 Å². The van der Waals surface area contributed by atoms with Gasteiger partial charge in [0.1, 0.15) is 5.70 Å². The predicted octanol–water partition coefficient (Wildman–Crippen LogP) is 3.11. The summed E-state index contributed by atoms with van der Waals surface area (Å²) in [5.74, 6) is 0.704. The summed E-state index contributed by atoms with van der Waals surface area (Å²) in [6.45, 7) is 1.75. The van der Waals surface area contributed by atoms with E-state index in [0.717, 1.165) is 11.2 Å². The molecule has 2 aromatic carbocycles. The zero-order valence-corrected chi connectivity index (χ0v) is 20.8. The average Bonchev–Trinajstić information content (AvgIpc) is 3.13. The monoisotopic (exact) mass is 510 g/mol. The Bertz CT molecular complexity index is 1370. The number of nitrogens with one attached hydrogen (secondary N) is 3. The minimum Gasteiger partial charge on any atom is -0.493 e. The lowest BCUT2D eigenvalue weighted by molar-refractivity contribution is -0.119. The van der Waals surface area contributed by atoms with Gasteiger partial charge in [0.15, 0.2) is 17.1 Å². The smallest absolute Gasteiger partial charge is 0.264 e. The van der Waals surface area contributed by atoms with Crippen molar-refractivity contribution in [3.05, 3.63) is 65.5 Å². The van der Waals surface area contributed by atoms with E-state index in [1.807, 2.05) is 29.8 Å². The van der Waals surface area contributed by atoms with E-state index in [9.17, 15) is 9.59 Å². The van der Waals surface area contributed by atoms with Gasteiger partial charge in [-0.15, -0.1) is 0 Å². The first kappa shape index (κ1) is 24.9. The minimum absolute atomic E-state index is 0.171. The summed E-state index contributed by atoms with van der Waals surface area (Å²) in [6.07, 6.45) is 5.30. The zero-order chi connectivity index (χ0) is 25.9. The third-order valence-electron chi connectivity index (χ3n) is 5.71. The number of benzene rings is 2. The van der Waals surface area contributed by atoms with Gasteiger partial charge >= 0.3 is 0 Å². The number of ether oxygens (including phenoxy) is 2. The Morgan fingerprint density at radius 3 is 2.64 bits per heavy atom. The van der Waals surface area contributed by atoms with Crippen molar-refractivity contribution in [2.75, 3.05) is 19.0 Å². The molecule has 188 valence electrons. The molecule has 0 aliphatic carbocycles. The fraction of sp³-hybridized carbons (Fsp3) is 0.240. The Kier molecular flexibility index (Phi) is 7.07. The number of aryl methyl sites for hydroxylation is 1. The molecule has 2 heterocycles. The van der Waals surface area contributed by atoms with E-state index in [-0.39, 0.29) is 11.6 Å². The SMILES string of the molecule is COc1cc2c(cc1OC1(CCNC(C)=O)C=CNC(C(N)=O)=C1)nc(Nc1ccc(Cl)cc1)n2C. The number of dihydropyridines is 1. The highest BCUT2D eigenvalue weighted by molar-refractivity contribution is 6.30. The Morgan fingerprint density at radius 2 is 1.97 bits per heavy atom. The molecule has 11 heteroatoms. The van der Waals surface area contributed by atoms with Crippen LogP contribution in [0.5, 0.6) is 11.5 Å². The van der Waals surface area contributed by atoms with Crippen LogP contribution < -0.4 is 31.2 Å². The van der Waals surface area contributed by atoms with Crippen LogP contribution in [-0.2, 0) is 16.6 Å². The van der Waals surface area contributed by atoms with Crippen molar-refractivity contribution < 1.29 is 19.1 Å². The Hall–Kier alpha value is -4.18. The number of carbonyl (C=O) groups is 2. The molecule has 1 unspecified atom stereocenters. The summed E-state index contributed by atoms with van der Waals surface area (Å²) in [5.41, 5.74) is 6.93. The van der Waals surface area contributed by atoms with E-state index >= 15 is 0 Å². The number of hydrogen-bond donors (Lipinski definition) is 4. The van der Waals surface area contributed by atoms with Crippen LogP contribution >= 0.6 is 11.6 Å². The summed E-state index contributed by atoms with van der Waals surface area (Å²) in [4.78, 5) is 28.0. The van der Waals surface area contributed by atoms with Crippen molar-refractivity contribution in [3.8, 4) is 11.5 Å². The van der Waals surface area contributed by atoms with Gasteiger partial charge in [-0.2, -0.15) is 0 Å². The van der Waals surface area contributed by atoms with Crippen LogP contribution in [-0.4, -0.2) is 40.6 Å². The molecular weight excluding hydrogens is 484 g/mol. The van der Waals surface area contributed by atoms with Crippen LogP contribution in [0.25, 0.3) is 11.0 Å². The van der Waals surface area contributed by atoms with Crippen molar-refractivity contribution in [2.24, 2.45) is 12.8 Å². The topological polar surface area (TPSA) is 133 Å². The Morgan fingerprint density at radius 1 is 1.22 bits per heavy atom. The van der Waals surface area contributed by atoms with Crippen LogP contribution in [0.3, 0.4) is 0 Å². The Balaban J connectivity index is 1.71. The maximum Gasteiger partial charge on any atom is 0.264 e. The normalized spacial score (nSPS) is 16.7. The summed E-state index contributed by atoms with van der Waals surface area (Å²) in [7, 11) is 3.43. The second-order valence-corrected chi connectivity index (χ2v) is 8.74. The number of rotatable bonds is 9. The maximum absolute atomic E-state index is 11.9. The van der Waals surface area contributed by atoms with Crippen LogP contribution in [0.15, 0.2) is 60.4 Å². The molecule has 0 saturated carbocycles. The molecule has 1 aromatic heterocycles. The standard InChI is InChI=1S/C25H27ClN6O4/c1-15(33)28-10-8-25(9-11-29-19(14-25)23(27)34)36-22-12-18-20(13-21(22)35-3)32(2)24(31-18)30-17-6-4-16(26)5-7-17/h4-7,9,11-14,29H,8,10H2,1-3H3,(H2,27,34)(H,28,33)(H,30,31). The molecule has 1 aliphatic heterocycles. The fourth-order valence-electron chi connectivity index (χ4n) is 3.87. The van der Waals surface area contributed by atoms with Crippen molar-refractivity contribution in [3.63, 3.8) is 0 Å². The number of anilines is 2. The summed E-state index contributed by atoms with van der Waals surface area (Å²) in [5, 5.41) is 9.52. The summed E-state index contributed by atoms with van der Waals surface area (Å²) >= 11 is 5.99. The molecule has 4 rings (SSSR count). The number of imidazole rings is 1. The van der Waals surface area contributed by atoms with Crippen LogP contribution in [0.4, 0.5) is 11.6 Å². The number of amides is 2. The van der Waals surface area contributed by atoms with Gasteiger partial charge in [0.05, 0.1) is 18.1 Å². The van der Waals surface area contributed by atoms with Crippen molar-refractivity contribution >= 4 is 46.1 Å². The fourth-order valence-corrected chi connectivity index (χ4v) is 4.00. The van der Waals surface area contributed by atoms with Crippen molar-refractivity contribution in [1.29, 1.82) is 0 Å². The molecule has 1 aliphatic rings. The van der Waals surface area contributed by atoms with Crippen LogP contribution in [0, 0.1) is 0 Å². The van der Waals surface area contributed by atoms with Gasteiger partial charge in [-0.25, -0.2) is 4.98 Å². The number of nitrogens with zero attached hydrogens (tertiary/aromatic N) is 2. The summed E-state index contributed by atoms with van der Waals surface area (Å²) in [6, 6.07) is 10.9. The minimum atomic E-state index is -1.07. The number of halogens is 1. The number of fused-ring (bicyclic) bond motifs is 1. The highest BCUT2D eigenvalue weighted by Gasteiger charge is 2.32. The third kappa shape index (κ3) is 5.38. The van der Waals surface area contributed by atoms with E-state index < -0.39 is 11.5 Å². The molecule has 0 radical (unpaired) electrons. The van der Waals surface area contributed by atoms with Gasteiger partial charge in [-0.05, 0) is 36.4 Å². The van der Waals surface area contributed by atoms with Gasteiger partial charge in [0.2, 0.25) is 11.9 Å². The number of methoxy groups -OCH3 is 1. The first-order valence-electron chi connectivity index (χ1n) is 11.2. The molecule has 5 N–H and O–H groups in total. The molecule has 1 atom stereocenters. The lowest BCUT2D eigenvalue weighted by atomic mass is 9.95. The lowest BCUT2D eigenvalue weighted by Crippen LogP contribution is -2.41. The zero-order valence-electron chi connectivity index (χ0n) is 20.1. The molecule has 0 bridgehead atoms. The first-order valence-corrected chi connectivity index (χ1v) is 11.5. The van der Waals surface area contributed by atoms with Gasteiger partial charge in [-0.3, -0.25) is 9.59 Å². The maximum atomic E-state index is 11.9. The lowest BCUT2D eigenvalue weighted by Gasteiger charge is -2.32. The largest absolute Gasteiger partial charge is 0.493 e. The molecule has 0 spiro atoms. The Labute approximate surface area is 213 Å². The highest BCUT2D eigenvalue weighted by Crippen LogP contribution is 2.38. The molecule has 3 aromatic rings. The second kappa shape index (κ2) is 10.2. The summed E-state index contributed by atoms with van der Waals surface area (Å²) < 4.78 is 14.0. The van der Waals surface area contributed by atoms with Crippen LogP contribution in [0.2, 0.25) is 5.02 Å². The van der Waals surface area contributed by atoms with Gasteiger partial charge in [0.25, 0.3) is 5.91 Å². The van der Waals surface area contributed by atoms with E-state index in [2.05, 4.69) is 16.0 Å². The molecule has 0 saturated heterocycles. The number of aromatic nitrogens is 2. The average molecular weight is 511 g/mol. The quantitative estimate of drug-likeness (QED) is 0.347. The molecule has 0 fully saturated rings. The number of nitrogens with two attached hydrogens (primary N) is 1. The highest BCUT2D eigenvalue weighted by atomic mass is 35.5. The van der Waals surface area contributed by atoms with Gasteiger partial charge in [0, 0.05) is 56.0 Å².